The van der Waals surface area contributed by atoms with Crippen molar-refractivity contribution in [2.24, 2.45) is 0 Å². The maximum atomic E-state index is 11.9. The van der Waals surface area contributed by atoms with Crippen LogP contribution in [0, 0.1) is 0 Å². The minimum Gasteiger partial charge on any atom is -0.394 e. The van der Waals surface area contributed by atoms with Crippen LogP contribution < -0.4 is 10.6 Å². The monoisotopic (exact) mass is 312 g/mol. The third kappa shape index (κ3) is 5.02. The minimum atomic E-state index is -0.627. The number of nitrogens with one attached hydrogen (secondary N) is 2. The lowest BCUT2D eigenvalue weighted by atomic mass is 9.94. The summed E-state index contributed by atoms with van der Waals surface area (Å²) in [6.45, 7) is 3.51. The topological polar surface area (TPSA) is 78.4 Å². The molecule has 0 aliphatic carbocycles. The highest BCUT2D eigenvalue weighted by molar-refractivity contribution is 6.30. The van der Waals surface area contributed by atoms with E-state index >= 15 is 0 Å². The lowest BCUT2D eigenvalue weighted by Gasteiger charge is -2.30. The molecule has 0 bridgehead atoms. The first-order valence-corrected chi connectivity index (χ1v) is 7.29. The molecule has 1 aromatic rings. The number of carbonyl (C=O) groups is 2. The van der Waals surface area contributed by atoms with E-state index in [1.54, 1.807) is 18.2 Å². The molecule has 5 nitrogen and oxygen atoms in total. The van der Waals surface area contributed by atoms with Gasteiger partial charge in [-0.3, -0.25) is 9.59 Å². The minimum absolute atomic E-state index is 0.131. The average Bonchev–Trinajstić information content (AvgIpc) is 2.50. The van der Waals surface area contributed by atoms with Gasteiger partial charge in [-0.1, -0.05) is 31.5 Å². The number of hydrogen-bond acceptors (Lipinski definition) is 3. The molecular formula is C15H21ClN2O3. The maximum absolute atomic E-state index is 11.9. The van der Waals surface area contributed by atoms with Crippen molar-refractivity contribution in [2.45, 2.75) is 32.2 Å². The van der Waals surface area contributed by atoms with Gasteiger partial charge in [0.1, 0.15) is 0 Å². The van der Waals surface area contributed by atoms with Crippen molar-refractivity contribution in [1.29, 1.82) is 0 Å². The second-order valence-electron chi connectivity index (χ2n) is 4.89. The molecule has 21 heavy (non-hydrogen) atoms. The Morgan fingerprint density at radius 2 is 1.95 bits per heavy atom. The van der Waals surface area contributed by atoms with Gasteiger partial charge >= 0.3 is 0 Å². The highest BCUT2D eigenvalue weighted by Gasteiger charge is 2.27. The standard InChI is InChI=1S/C15H21ClN2O3/c1-3-15(4-2,10-19)18-13(20)9-17-14(21)11-6-5-7-12(16)8-11/h5-8,19H,3-4,9-10H2,1-2H3,(H,17,21)(H,18,20). The molecule has 0 unspecified atom stereocenters. The van der Waals surface area contributed by atoms with Crippen LogP contribution in [0.3, 0.4) is 0 Å². The van der Waals surface area contributed by atoms with Crippen LogP contribution in [-0.4, -0.2) is 35.6 Å². The number of benzene rings is 1. The first-order chi connectivity index (χ1) is 9.96. The SMILES string of the molecule is CCC(CC)(CO)NC(=O)CNC(=O)c1cccc(Cl)c1. The molecule has 0 atom stereocenters. The zero-order chi connectivity index (χ0) is 15.9. The van der Waals surface area contributed by atoms with E-state index in [0.717, 1.165) is 0 Å². The van der Waals surface area contributed by atoms with Crippen LogP contribution in [0.1, 0.15) is 37.0 Å². The van der Waals surface area contributed by atoms with Gasteiger partial charge in [-0.15, -0.1) is 0 Å². The molecule has 1 aromatic carbocycles. The number of hydrogen-bond donors (Lipinski definition) is 3. The second kappa shape index (κ2) is 8.00. The van der Waals surface area contributed by atoms with Crippen molar-refractivity contribution in [3.8, 4) is 0 Å². The Balaban J connectivity index is 2.55. The van der Waals surface area contributed by atoms with Crippen LogP contribution in [0.15, 0.2) is 24.3 Å². The summed E-state index contributed by atoms with van der Waals surface area (Å²) in [4.78, 5) is 23.8. The molecule has 2 amide bonds. The first kappa shape index (κ1) is 17.5. The molecule has 0 aromatic heterocycles. The number of amides is 2. The molecule has 6 heteroatoms. The molecule has 1 rings (SSSR count). The van der Waals surface area contributed by atoms with Crippen molar-refractivity contribution in [3.63, 3.8) is 0 Å². The van der Waals surface area contributed by atoms with Crippen LogP contribution >= 0.6 is 11.6 Å². The van der Waals surface area contributed by atoms with Crippen LogP contribution in [-0.2, 0) is 4.79 Å². The number of aliphatic hydroxyl groups is 1. The summed E-state index contributed by atoms with van der Waals surface area (Å²) < 4.78 is 0. The number of rotatable bonds is 7. The molecule has 0 spiro atoms. The van der Waals surface area contributed by atoms with E-state index in [2.05, 4.69) is 10.6 Å². The van der Waals surface area contributed by atoms with Gasteiger partial charge in [-0.25, -0.2) is 0 Å². The summed E-state index contributed by atoms with van der Waals surface area (Å²) in [7, 11) is 0. The molecule has 0 fully saturated rings. The van der Waals surface area contributed by atoms with Gasteiger partial charge in [0, 0.05) is 10.6 Å². The van der Waals surface area contributed by atoms with Gasteiger partial charge < -0.3 is 15.7 Å². The molecule has 0 radical (unpaired) electrons. The normalized spacial score (nSPS) is 11.0. The molecule has 0 saturated carbocycles. The van der Waals surface area contributed by atoms with Gasteiger partial charge in [-0.2, -0.15) is 0 Å². The van der Waals surface area contributed by atoms with Gasteiger partial charge in [0.2, 0.25) is 5.91 Å². The summed E-state index contributed by atoms with van der Waals surface area (Å²) in [6, 6.07) is 6.49. The van der Waals surface area contributed by atoms with Gasteiger partial charge in [0.15, 0.2) is 0 Å². The summed E-state index contributed by atoms with van der Waals surface area (Å²) in [5.74, 6) is -0.696. The molecule has 0 aliphatic heterocycles. The van der Waals surface area contributed by atoms with Gasteiger partial charge in [0.25, 0.3) is 5.91 Å². The van der Waals surface area contributed by atoms with E-state index in [1.807, 2.05) is 13.8 Å². The maximum Gasteiger partial charge on any atom is 0.251 e. The largest absolute Gasteiger partial charge is 0.394 e. The van der Waals surface area contributed by atoms with E-state index in [4.69, 9.17) is 11.6 Å². The van der Waals surface area contributed by atoms with Crippen molar-refractivity contribution in [2.75, 3.05) is 13.2 Å². The number of carbonyl (C=O) groups excluding carboxylic acids is 2. The van der Waals surface area contributed by atoms with Crippen molar-refractivity contribution in [3.05, 3.63) is 34.9 Å². The van der Waals surface area contributed by atoms with E-state index < -0.39 is 5.54 Å². The summed E-state index contributed by atoms with van der Waals surface area (Å²) in [5, 5.41) is 15.2. The quantitative estimate of drug-likeness (QED) is 0.717. The summed E-state index contributed by atoms with van der Waals surface area (Å²) in [6.07, 6.45) is 1.24. The van der Waals surface area contributed by atoms with E-state index in [-0.39, 0.29) is 25.0 Å². The van der Waals surface area contributed by atoms with Crippen LogP contribution in [0.5, 0.6) is 0 Å². The Bertz CT molecular complexity index is 493. The first-order valence-electron chi connectivity index (χ1n) is 6.92. The lowest BCUT2D eigenvalue weighted by molar-refractivity contribution is -0.122. The summed E-state index contributed by atoms with van der Waals surface area (Å²) in [5.41, 5.74) is -0.229. The Hall–Kier alpha value is -1.59. The third-order valence-electron chi connectivity index (χ3n) is 3.56. The van der Waals surface area contributed by atoms with Gasteiger partial charge in [-0.05, 0) is 31.0 Å². The smallest absolute Gasteiger partial charge is 0.251 e. The predicted octanol–water partition coefficient (Wildman–Crippen LogP) is 1.74. The van der Waals surface area contributed by atoms with Crippen LogP contribution in [0.4, 0.5) is 0 Å². The average molecular weight is 313 g/mol. The molecule has 0 heterocycles. The Morgan fingerprint density at radius 3 is 2.48 bits per heavy atom. The second-order valence-corrected chi connectivity index (χ2v) is 5.32. The van der Waals surface area contributed by atoms with E-state index in [0.29, 0.717) is 23.4 Å². The highest BCUT2D eigenvalue weighted by atomic mass is 35.5. The Labute approximate surface area is 129 Å². The fourth-order valence-electron chi connectivity index (χ4n) is 1.92. The number of aliphatic hydroxyl groups excluding tert-OH is 1. The molecular weight excluding hydrogens is 292 g/mol. The van der Waals surface area contributed by atoms with Crippen LogP contribution in [0.25, 0.3) is 0 Å². The van der Waals surface area contributed by atoms with Crippen LogP contribution in [0.2, 0.25) is 5.02 Å². The zero-order valence-electron chi connectivity index (χ0n) is 12.3. The van der Waals surface area contributed by atoms with Crippen molar-refractivity contribution < 1.29 is 14.7 Å². The van der Waals surface area contributed by atoms with Gasteiger partial charge in [0.05, 0.1) is 18.7 Å². The fraction of sp³-hybridized carbons (Fsp3) is 0.467. The fourth-order valence-corrected chi connectivity index (χ4v) is 2.11. The third-order valence-corrected chi connectivity index (χ3v) is 3.79. The molecule has 3 N–H and O–H groups in total. The highest BCUT2D eigenvalue weighted by Crippen LogP contribution is 2.13. The van der Waals surface area contributed by atoms with Crippen molar-refractivity contribution >= 4 is 23.4 Å². The van der Waals surface area contributed by atoms with Crippen molar-refractivity contribution in [1.82, 2.24) is 10.6 Å². The Morgan fingerprint density at radius 1 is 1.29 bits per heavy atom. The van der Waals surface area contributed by atoms with E-state index in [9.17, 15) is 14.7 Å². The summed E-state index contributed by atoms with van der Waals surface area (Å²) >= 11 is 5.81. The molecule has 0 saturated heterocycles. The molecule has 0 aliphatic rings. The zero-order valence-corrected chi connectivity index (χ0v) is 13.0. The molecule has 116 valence electrons. The lowest BCUT2D eigenvalue weighted by Crippen LogP contribution is -2.53. The Kier molecular flexibility index (Phi) is 6.65. The predicted molar refractivity (Wildman–Crippen MR) is 82.3 cm³/mol. The number of halogens is 1. The van der Waals surface area contributed by atoms with E-state index in [1.165, 1.54) is 6.07 Å².